The van der Waals surface area contributed by atoms with Crippen molar-refractivity contribution >= 4 is 24.0 Å². The summed E-state index contributed by atoms with van der Waals surface area (Å²) in [6.45, 7) is 13.6. The molecule has 6 atom stereocenters. The van der Waals surface area contributed by atoms with Crippen LogP contribution in [0.2, 0.25) is 0 Å². The number of hydrogen-bond acceptors (Lipinski definition) is 5. The number of aldehydes is 1. The van der Waals surface area contributed by atoms with Crippen LogP contribution in [0.4, 0.5) is 0 Å². The summed E-state index contributed by atoms with van der Waals surface area (Å²) in [5.74, 6) is -2.39. The first-order chi connectivity index (χ1) is 14.9. The van der Waals surface area contributed by atoms with E-state index < -0.39 is 35.3 Å². The monoisotopic (exact) mass is 444 g/mol. The second-order valence-electron chi connectivity index (χ2n) is 9.81. The van der Waals surface area contributed by atoms with Gasteiger partial charge in [-0.25, -0.2) is 4.79 Å². The second kappa shape index (κ2) is 10.4. The van der Waals surface area contributed by atoms with Crippen molar-refractivity contribution < 1.29 is 29.0 Å². The third-order valence-electron chi connectivity index (χ3n) is 7.24. The van der Waals surface area contributed by atoms with E-state index in [0.717, 1.165) is 12.8 Å². The van der Waals surface area contributed by atoms with Crippen molar-refractivity contribution in [3.05, 3.63) is 35.5 Å². The Morgan fingerprint density at radius 2 is 2.00 bits per heavy atom. The molecule has 0 heterocycles. The van der Waals surface area contributed by atoms with Gasteiger partial charge in [-0.15, -0.1) is 0 Å². The molecule has 1 N–H and O–H groups in total. The minimum Gasteiger partial charge on any atom is -0.481 e. The van der Waals surface area contributed by atoms with Crippen LogP contribution in [0.1, 0.15) is 66.7 Å². The highest BCUT2D eigenvalue weighted by Crippen LogP contribution is 2.53. The Morgan fingerprint density at radius 3 is 2.56 bits per heavy atom. The number of rotatable bonds is 9. The zero-order valence-electron chi connectivity index (χ0n) is 19.8. The van der Waals surface area contributed by atoms with Gasteiger partial charge in [0.1, 0.15) is 12.4 Å². The summed E-state index contributed by atoms with van der Waals surface area (Å²) < 4.78 is 5.81. The number of carbonyl (C=O) groups is 4. The predicted molar refractivity (Wildman–Crippen MR) is 122 cm³/mol. The Bertz CT molecular complexity index is 850. The van der Waals surface area contributed by atoms with Crippen LogP contribution in [0.15, 0.2) is 35.5 Å². The van der Waals surface area contributed by atoms with Crippen LogP contribution in [0.25, 0.3) is 0 Å². The number of allylic oxidation sites excluding steroid dienone is 3. The first-order valence-electron chi connectivity index (χ1n) is 11.5. The van der Waals surface area contributed by atoms with Crippen LogP contribution in [0, 0.1) is 29.1 Å². The summed E-state index contributed by atoms with van der Waals surface area (Å²) in [6.07, 6.45) is 6.08. The van der Waals surface area contributed by atoms with Gasteiger partial charge in [0.15, 0.2) is 5.78 Å². The van der Waals surface area contributed by atoms with E-state index in [0.29, 0.717) is 36.2 Å². The van der Waals surface area contributed by atoms with Crippen molar-refractivity contribution in [1.29, 1.82) is 0 Å². The molecule has 176 valence electrons. The second-order valence-corrected chi connectivity index (χ2v) is 9.81. The molecule has 0 radical (unpaired) electrons. The number of carboxylic acids is 1. The smallest absolute Gasteiger partial charge is 0.333 e. The molecule has 0 aromatic carbocycles. The summed E-state index contributed by atoms with van der Waals surface area (Å²) in [4.78, 5) is 48.7. The van der Waals surface area contributed by atoms with Crippen LogP contribution in [0.5, 0.6) is 0 Å². The van der Waals surface area contributed by atoms with Gasteiger partial charge in [-0.3, -0.25) is 14.4 Å². The van der Waals surface area contributed by atoms with Crippen LogP contribution in [-0.2, 0) is 23.9 Å². The molecule has 6 nitrogen and oxygen atoms in total. The summed E-state index contributed by atoms with van der Waals surface area (Å²) in [5.41, 5.74) is 0.285. The molecule has 0 spiro atoms. The van der Waals surface area contributed by atoms with E-state index >= 15 is 0 Å². The molecule has 6 unspecified atom stereocenters. The maximum Gasteiger partial charge on any atom is 0.333 e. The van der Waals surface area contributed by atoms with Crippen LogP contribution >= 0.6 is 0 Å². The minimum absolute atomic E-state index is 0.142. The molecule has 2 rings (SSSR count). The Labute approximate surface area is 190 Å². The number of fused-ring (bicyclic) bond motifs is 1. The third-order valence-corrected chi connectivity index (χ3v) is 7.24. The number of carbonyl (C=O) groups excluding carboxylic acids is 3. The van der Waals surface area contributed by atoms with Crippen molar-refractivity contribution in [2.24, 2.45) is 29.1 Å². The van der Waals surface area contributed by atoms with Gasteiger partial charge in [0, 0.05) is 11.0 Å². The standard InChI is InChI=1S/C26H36O6/c1-7-15(2)10-16(3)11-17(4)25(31)32-23-9-8-20(24(29)30)26(6)13-19(18(5)14-27)22(28)12-21(23)26/h11-12,14-16,19-20,23H,5,7-10,13H2,1-4,6H3,(H,29,30). The molecular weight excluding hydrogens is 408 g/mol. The summed E-state index contributed by atoms with van der Waals surface area (Å²) in [5, 5.41) is 9.82. The normalized spacial score (nSPS) is 29.9. The average molecular weight is 445 g/mol. The summed E-state index contributed by atoms with van der Waals surface area (Å²) >= 11 is 0. The van der Waals surface area contributed by atoms with Gasteiger partial charge in [0.05, 0.1) is 11.8 Å². The van der Waals surface area contributed by atoms with Gasteiger partial charge < -0.3 is 9.84 Å². The van der Waals surface area contributed by atoms with E-state index in [2.05, 4.69) is 27.4 Å². The number of carboxylic acid groups (broad SMARTS) is 1. The lowest BCUT2D eigenvalue weighted by molar-refractivity contribution is -0.152. The van der Waals surface area contributed by atoms with E-state index in [1.165, 1.54) is 6.08 Å². The lowest BCUT2D eigenvalue weighted by Gasteiger charge is -2.48. The Hall–Kier alpha value is -2.50. The van der Waals surface area contributed by atoms with Crippen molar-refractivity contribution in [1.82, 2.24) is 0 Å². The van der Waals surface area contributed by atoms with Gasteiger partial charge in [-0.2, -0.15) is 0 Å². The molecule has 0 amide bonds. The SMILES string of the molecule is C=C(C=O)C1CC2(C)C(=CC1=O)C(OC(=O)C(C)=CC(C)CC(C)CC)CCC2C(=O)O. The zero-order valence-corrected chi connectivity index (χ0v) is 19.8. The highest BCUT2D eigenvalue weighted by Gasteiger charge is 2.53. The highest BCUT2D eigenvalue weighted by atomic mass is 16.5. The number of ether oxygens (including phenoxy) is 1. The van der Waals surface area contributed by atoms with E-state index in [1.54, 1.807) is 13.8 Å². The van der Waals surface area contributed by atoms with Gasteiger partial charge in [0.25, 0.3) is 0 Å². The van der Waals surface area contributed by atoms with Crippen LogP contribution < -0.4 is 0 Å². The average Bonchev–Trinajstić information content (AvgIpc) is 2.72. The molecule has 0 aromatic rings. The number of aliphatic carboxylic acids is 1. The van der Waals surface area contributed by atoms with E-state index in [4.69, 9.17) is 4.74 Å². The fraction of sp³-hybridized carbons (Fsp3) is 0.615. The Morgan fingerprint density at radius 1 is 1.34 bits per heavy atom. The summed E-state index contributed by atoms with van der Waals surface area (Å²) in [7, 11) is 0. The molecule has 0 bridgehead atoms. The third kappa shape index (κ3) is 5.45. The molecule has 0 aliphatic heterocycles. The fourth-order valence-electron chi connectivity index (χ4n) is 5.16. The Kier molecular flexibility index (Phi) is 8.38. The van der Waals surface area contributed by atoms with Crippen molar-refractivity contribution in [3.63, 3.8) is 0 Å². The molecule has 1 saturated carbocycles. The topological polar surface area (TPSA) is 97.7 Å². The van der Waals surface area contributed by atoms with E-state index in [9.17, 15) is 24.3 Å². The highest BCUT2D eigenvalue weighted by molar-refractivity contribution is 6.00. The van der Waals surface area contributed by atoms with E-state index in [-0.39, 0.29) is 23.7 Å². The molecule has 2 aliphatic carbocycles. The molecule has 1 fully saturated rings. The zero-order chi connectivity index (χ0) is 24.2. The van der Waals surface area contributed by atoms with Gasteiger partial charge in [-0.1, -0.05) is 46.8 Å². The van der Waals surface area contributed by atoms with Crippen molar-refractivity contribution in [2.75, 3.05) is 0 Å². The number of hydrogen-bond donors (Lipinski definition) is 1. The van der Waals surface area contributed by atoms with Gasteiger partial charge in [-0.05, 0) is 61.7 Å². The van der Waals surface area contributed by atoms with Crippen molar-refractivity contribution in [2.45, 2.75) is 72.8 Å². The first kappa shape index (κ1) is 25.8. The maximum absolute atomic E-state index is 12.8. The Balaban J connectivity index is 2.29. The van der Waals surface area contributed by atoms with Crippen LogP contribution in [0.3, 0.4) is 0 Å². The lowest BCUT2D eigenvalue weighted by atomic mass is 9.56. The maximum atomic E-state index is 12.8. The van der Waals surface area contributed by atoms with Gasteiger partial charge in [0.2, 0.25) is 0 Å². The fourth-order valence-corrected chi connectivity index (χ4v) is 5.16. The quantitative estimate of drug-likeness (QED) is 0.315. The molecule has 2 aliphatic rings. The van der Waals surface area contributed by atoms with E-state index in [1.807, 2.05) is 6.08 Å². The van der Waals surface area contributed by atoms with Crippen molar-refractivity contribution in [3.8, 4) is 0 Å². The van der Waals surface area contributed by atoms with Crippen LogP contribution in [-0.4, -0.2) is 35.2 Å². The molecule has 0 aromatic heterocycles. The lowest BCUT2D eigenvalue weighted by Crippen LogP contribution is -2.49. The number of ketones is 1. The molecule has 6 heteroatoms. The first-order valence-corrected chi connectivity index (χ1v) is 11.5. The summed E-state index contributed by atoms with van der Waals surface area (Å²) in [6, 6.07) is 0. The predicted octanol–water partition coefficient (Wildman–Crippen LogP) is 4.69. The number of esters is 1. The molecule has 32 heavy (non-hydrogen) atoms. The largest absolute Gasteiger partial charge is 0.481 e. The molecule has 0 saturated heterocycles. The molecular formula is C26H36O6. The minimum atomic E-state index is -0.956. The van der Waals surface area contributed by atoms with Gasteiger partial charge >= 0.3 is 11.9 Å².